The Morgan fingerprint density at radius 3 is 1.80 bits per heavy atom. The summed E-state index contributed by atoms with van der Waals surface area (Å²) in [4.78, 5) is 12.2. The molecule has 1 fully saturated rings. The van der Waals surface area contributed by atoms with Gasteiger partial charge in [-0.15, -0.1) is 0 Å². The highest BCUT2D eigenvalue weighted by Gasteiger charge is 2.44. The summed E-state index contributed by atoms with van der Waals surface area (Å²) in [6, 6.07) is 0. The molecule has 1 heterocycles. The van der Waals surface area contributed by atoms with Crippen LogP contribution in [0.5, 0.6) is 0 Å². The van der Waals surface area contributed by atoms with E-state index in [4.69, 9.17) is 18.9 Å². The Morgan fingerprint density at radius 1 is 0.673 bits per heavy atom. The molecule has 9 nitrogen and oxygen atoms in total. The Bertz CT molecular complexity index is 969. The van der Waals surface area contributed by atoms with Crippen molar-refractivity contribution in [3.05, 3.63) is 72.9 Å². The van der Waals surface area contributed by atoms with Gasteiger partial charge in [0.15, 0.2) is 6.29 Å². The minimum Gasteiger partial charge on any atom is -0.457 e. The van der Waals surface area contributed by atoms with E-state index in [0.29, 0.717) is 13.0 Å². The van der Waals surface area contributed by atoms with Crippen LogP contribution in [0, 0.1) is 0 Å². The molecule has 9 heteroatoms. The summed E-state index contributed by atoms with van der Waals surface area (Å²) < 4.78 is 22.3. The van der Waals surface area contributed by atoms with Gasteiger partial charge >= 0.3 is 5.97 Å². The number of hydrogen-bond donors (Lipinski definition) is 4. The van der Waals surface area contributed by atoms with Crippen molar-refractivity contribution in [1.82, 2.24) is 0 Å². The van der Waals surface area contributed by atoms with Crippen LogP contribution < -0.4 is 0 Å². The number of ether oxygens (including phenoxy) is 4. The number of carbonyl (C=O) groups excluding carboxylic acids is 1. The van der Waals surface area contributed by atoms with Crippen molar-refractivity contribution in [3.8, 4) is 0 Å². The maximum absolute atomic E-state index is 12.2. The third-order valence-electron chi connectivity index (χ3n) is 7.89. The Kier molecular flexibility index (Phi) is 28.8. The van der Waals surface area contributed by atoms with Gasteiger partial charge < -0.3 is 39.4 Å². The highest BCUT2D eigenvalue weighted by atomic mass is 16.7. The number of unbranched alkanes of at least 4 members (excludes halogenated alkanes) is 6. The molecule has 0 bridgehead atoms. The van der Waals surface area contributed by atoms with Gasteiger partial charge in [0.2, 0.25) is 0 Å². The lowest BCUT2D eigenvalue weighted by atomic mass is 9.99. The van der Waals surface area contributed by atoms with E-state index in [1.165, 1.54) is 0 Å². The molecule has 0 aliphatic carbocycles. The Hall–Kier alpha value is -2.37. The summed E-state index contributed by atoms with van der Waals surface area (Å²) in [6.45, 7) is 4.11. The van der Waals surface area contributed by atoms with Crippen molar-refractivity contribution in [2.24, 2.45) is 0 Å². The molecule has 0 aromatic heterocycles. The minimum atomic E-state index is -1.54. The van der Waals surface area contributed by atoms with Gasteiger partial charge in [0.05, 0.1) is 19.8 Å². The predicted molar refractivity (Wildman–Crippen MR) is 196 cm³/mol. The second-order valence-electron chi connectivity index (χ2n) is 12.3. The van der Waals surface area contributed by atoms with Crippen molar-refractivity contribution < 1.29 is 44.2 Å². The van der Waals surface area contributed by atoms with Crippen molar-refractivity contribution in [1.29, 1.82) is 0 Å². The molecule has 4 N–H and O–H groups in total. The topological polar surface area (TPSA) is 135 Å². The second kappa shape index (κ2) is 31.6. The van der Waals surface area contributed by atoms with Gasteiger partial charge in [0.25, 0.3) is 0 Å². The molecule has 0 spiro atoms. The van der Waals surface area contributed by atoms with E-state index in [1.807, 2.05) is 6.92 Å². The Balaban J connectivity index is 2.14. The summed E-state index contributed by atoms with van der Waals surface area (Å²) in [5, 5.41) is 39.6. The molecule has 280 valence electrons. The van der Waals surface area contributed by atoms with Gasteiger partial charge in [-0.3, -0.25) is 4.79 Å². The number of allylic oxidation sites excluding steroid dienone is 12. The first-order chi connectivity index (χ1) is 23.9. The highest BCUT2D eigenvalue weighted by Crippen LogP contribution is 2.22. The van der Waals surface area contributed by atoms with E-state index in [0.717, 1.165) is 83.5 Å². The molecule has 1 rings (SSSR count). The molecule has 49 heavy (non-hydrogen) atoms. The number of rotatable bonds is 29. The van der Waals surface area contributed by atoms with Gasteiger partial charge in [0.1, 0.15) is 30.5 Å². The van der Waals surface area contributed by atoms with Crippen molar-refractivity contribution in [3.63, 3.8) is 0 Å². The molecule has 1 aliphatic rings. The number of aliphatic hydroxyl groups excluding tert-OH is 4. The van der Waals surface area contributed by atoms with Crippen LogP contribution >= 0.6 is 0 Å². The van der Waals surface area contributed by atoms with Crippen molar-refractivity contribution in [2.45, 2.75) is 147 Å². The third kappa shape index (κ3) is 23.6. The maximum Gasteiger partial charge on any atom is 0.306 e. The fourth-order valence-corrected chi connectivity index (χ4v) is 4.94. The largest absolute Gasteiger partial charge is 0.457 e. The molecule has 0 aromatic carbocycles. The lowest BCUT2D eigenvalue weighted by Gasteiger charge is -2.39. The van der Waals surface area contributed by atoms with Crippen molar-refractivity contribution in [2.75, 3.05) is 26.4 Å². The first-order valence-corrected chi connectivity index (χ1v) is 18.5. The summed E-state index contributed by atoms with van der Waals surface area (Å²) in [7, 11) is 0. The Morgan fingerprint density at radius 2 is 1.22 bits per heavy atom. The molecule has 0 saturated carbocycles. The van der Waals surface area contributed by atoms with Crippen LogP contribution in [-0.4, -0.2) is 89.6 Å². The van der Waals surface area contributed by atoms with Gasteiger partial charge in [0, 0.05) is 13.0 Å². The number of carbonyl (C=O) groups is 1. The van der Waals surface area contributed by atoms with Crippen LogP contribution in [0.3, 0.4) is 0 Å². The number of hydrogen-bond acceptors (Lipinski definition) is 9. The van der Waals surface area contributed by atoms with E-state index < -0.39 is 43.4 Å². The minimum absolute atomic E-state index is 0.123. The SMILES string of the molecule is CC/C=C\C/C=C\C/C=C\C/C=C\C/C=C\C/C=C\CCCCCCCOCC(COC1OC(CO)C(O)C(O)C1O)OC(=O)CCCC. The van der Waals surface area contributed by atoms with Gasteiger partial charge in [-0.1, -0.05) is 112 Å². The van der Waals surface area contributed by atoms with Gasteiger partial charge in [-0.25, -0.2) is 0 Å². The van der Waals surface area contributed by atoms with Gasteiger partial charge in [-0.05, 0) is 64.2 Å². The Labute approximate surface area is 296 Å². The summed E-state index contributed by atoms with van der Waals surface area (Å²) in [5.74, 6) is -0.361. The lowest BCUT2D eigenvalue weighted by molar-refractivity contribution is -0.305. The zero-order chi connectivity index (χ0) is 35.8. The van der Waals surface area contributed by atoms with Crippen LogP contribution in [0.2, 0.25) is 0 Å². The molecular weight excluding hydrogens is 624 g/mol. The van der Waals surface area contributed by atoms with E-state index >= 15 is 0 Å². The van der Waals surface area contributed by atoms with Crippen LogP contribution in [0.4, 0.5) is 0 Å². The van der Waals surface area contributed by atoms with E-state index in [-0.39, 0.29) is 25.6 Å². The third-order valence-corrected chi connectivity index (χ3v) is 7.89. The highest BCUT2D eigenvalue weighted by molar-refractivity contribution is 5.69. The number of esters is 1. The first kappa shape index (κ1) is 44.7. The van der Waals surface area contributed by atoms with Crippen molar-refractivity contribution >= 4 is 5.97 Å². The van der Waals surface area contributed by atoms with Crippen LogP contribution in [0.15, 0.2) is 72.9 Å². The first-order valence-electron chi connectivity index (χ1n) is 18.5. The van der Waals surface area contributed by atoms with Crippen LogP contribution in [-0.2, 0) is 23.7 Å². The van der Waals surface area contributed by atoms with Crippen LogP contribution in [0.25, 0.3) is 0 Å². The average molecular weight is 691 g/mol. The maximum atomic E-state index is 12.2. The summed E-state index contributed by atoms with van der Waals surface area (Å²) in [6.07, 6.45) is 33.3. The van der Waals surface area contributed by atoms with E-state index in [9.17, 15) is 25.2 Å². The summed E-state index contributed by atoms with van der Waals surface area (Å²) >= 11 is 0. The number of aliphatic hydroxyl groups is 4. The fourth-order valence-electron chi connectivity index (χ4n) is 4.94. The molecule has 0 amide bonds. The molecule has 0 aromatic rings. The molecule has 6 unspecified atom stereocenters. The fraction of sp³-hybridized carbons (Fsp3) is 0.675. The zero-order valence-corrected chi connectivity index (χ0v) is 30.2. The monoisotopic (exact) mass is 690 g/mol. The van der Waals surface area contributed by atoms with Gasteiger partial charge in [-0.2, -0.15) is 0 Å². The molecule has 1 aliphatic heterocycles. The normalized spacial score (nSPS) is 22.6. The molecular formula is C40H66O9. The van der Waals surface area contributed by atoms with E-state index in [1.54, 1.807) is 0 Å². The lowest BCUT2D eigenvalue weighted by Crippen LogP contribution is -2.59. The van der Waals surface area contributed by atoms with Crippen LogP contribution in [0.1, 0.15) is 110 Å². The zero-order valence-electron chi connectivity index (χ0n) is 30.2. The quantitative estimate of drug-likeness (QED) is 0.0373. The smallest absolute Gasteiger partial charge is 0.306 e. The molecule has 0 radical (unpaired) electrons. The second-order valence-corrected chi connectivity index (χ2v) is 12.3. The average Bonchev–Trinajstić information content (AvgIpc) is 3.10. The molecule has 1 saturated heterocycles. The van der Waals surface area contributed by atoms with E-state index in [2.05, 4.69) is 79.8 Å². The summed E-state index contributed by atoms with van der Waals surface area (Å²) in [5.41, 5.74) is 0. The predicted octanol–water partition coefficient (Wildman–Crippen LogP) is 6.96. The molecule has 6 atom stereocenters. The standard InChI is InChI=1S/C40H66O9/c1-3-5-7-8-9-10-11-12-13-14-15-16-17-18-19-20-21-22-23-24-25-26-27-28-30-46-32-34(48-36(42)29-6-4-2)33-47-40-39(45)38(44)37(43)35(31-41)49-40/h5,7,9-10,12-13,15-16,18-19,21-22,34-35,37-41,43-45H,3-4,6,8,11,14,17,20,23-33H2,1-2H3/b7-5-,10-9-,13-12-,16-15-,19-18-,22-21-.